The number of amides is 1. The van der Waals surface area contributed by atoms with Crippen molar-refractivity contribution in [2.75, 3.05) is 13.2 Å². The molecule has 0 unspecified atom stereocenters. The highest BCUT2D eigenvalue weighted by Crippen LogP contribution is 2.11. The van der Waals surface area contributed by atoms with Crippen LogP contribution in [-0.4, -0.2) is 19.1 Å². The van der Waals surface area contributed by atoms with Gasteiger partial charge in [-0.3, -0.25) is 4.79 Å². The highest BCUT2D eigenvalue weighted by Gasteiger charge is 2.05. The van der Waals surface area contributed by atoms with Crippen LogP contribution in [0.1, 0.15) is 23.2 Å². The van der Waals surface area contributed by atoms with E-state index in [1.807, 2.05) is 0 Å². The molecule has 1 aromatic carbocycles. The van der Waals surface area contributed by atoms with Gasteiger partial charge in [0.05, 0.1) is 12.2 Å². The first-order valence-corrected chi connectivity index (χ1v) is 7.00. The highest BCUT2D eigenvalue weighted by atomic mass is 19.1. The molecule has 116 valence electrons. The van der Waals surface area contributed by atoms with Gasteiger partial charge in [0.1, 0.15) is 11.6 Å². The van der Waals surface area contributed by atoms with Crippen LogP contribution in [0.15, 0.2) is 48.8 Å². The summed E-state index contributed by atoms with van der Waals surface area (Å²) in [6.07, 6.45) is 4.10. The third kappa shape index (κ3) is 5.05. The second kappa shape index (κ2) is 7.97. The number of hydrogen-bond donors (Lipinski definition) is 1. The molecule has 22 heavy (non-hydrogen) atoms. The number of aromatic nitrogens is 1. The Morgan fingerprint density at radius 2 is 1.82 bits per heavy atom. The zero-order valence-corrected chi connectivity index (χ0v) is 12.0. The molecule has 1 heterocycles. The third-order valence-corrected chi connectivity index (χ3v) is 3.00. The molecule has 2 rings (SSSR count). The van der Waals surface area contributed by atoms with Crippen LogP contribution >= 0.6 is 0 Å². The van der Waals surface area contributed by atoms with Gasteiger partial charge in [-0.15, -0.1) is 0 Å². The van der Waals surface area contributed by atoms with E-state index in [1.54, 1.807) is 12.1 Å². The average molecular weight is 304 g/mol. The van der Waals surface area contributed by atoms with Crippen molar-refractivity contribution in [2.45, 2.75) is 12.8 Å². The van der Waals surface area contributed by atoms with Crippen LogP contribution in [0.25, 0.3) is 0 Å². The van der Waals surface area contributed by atoms with Crippen LogP contribution < -0.4 is 14.8 Å². The molecule has 0 saturated carbocycles. The van der Waals surface area contributed by atoms with Gasteiger partial charge in [-0.1, -0.05) is 0 Å². The molecule has 0 aliphatic heterocycles. The Morgan fingerprint density at radius 1 is 1.14 bits per heavy atom. The molecule has 0 saturated heterocycles. The Morgan fingerprint density at radius 3 is 2.50 bits per heavy atom. The van der Waals surface area contributed by atoms with Crippen molar-refractivity contribution in [3.8, 4) is 5.75 Å². The molecule has 1 amide bonds. The van der Waals surface area contributed by atoms with Crippen molar-refractivity contribution in [2.24, 2.45) is 0 Å². The van der Waals surface area contributed by atoms with E-state index in [-0.39, 0.29) is 11.7 Å². The molecular weight excluding hydrogens is 287 g/mol. The Labute approximate surface area is 127 Å². The summed E-state index contributed by atoms with van der Waals surface area (Å²) in [6.45, 7) is 1.03. The molecule has 0 aliphatic carbocycles. The van der Waals surface area contributed by atoms with Gasteiger partial charge in [0, 0.05) is 18.7 Å². The van der Waals surface area contributed by atoms with E-state index in [0.717, 1.165) is 12.8 Å². The lowest BCUT2D eigenvalue weighted by Crippen LogP contribution is -2.28. The second-order valence-electron chi connectivity index (χ2n) is 4.71. The zero-order chi connectivity index (χ0) is 15.8. The molecule has 6 heteroatoms. The summed E-state index contributed by atoms with van der Waals surface area (Å²) < 4.78 is 18.8. The summed E-state index contributed by atoms with van der Waals surface area (Å²) in [5.74, 6) is 0.124. The normalized spacial score (nSPS) is 10.2. The first-order valence-electron chi connectivity index (χ1n) is 7.00. The topological polar surface area (TPSA) is 65.3 Å². The van der Waals surface area contributed by atoms with Crippen molar-refractivity contribution in [3.63, 3.8) is 0 Å². The fourth-order valence-electron chi connectivity index (χ4n) is 1.82. The zero-order valence-electron chi connectivity index (χ0n) is 12.0. The van der Waals surface area contributed by atoms with E-state index in [2.05, 4.69) is 5.32 Å². The summed E-state index contributed by atoms with van der Waals surface area (Å²) in [4.78, 5) is 11.8. The van der Waals surface area contributed by atoms with Crippen LogP contribution in [0.2, 0.25) is 0 Å². The Bertz CT molecular complexity index is 600. The molecule has 0 aliphatic rings. The minimum Gasteiger partial charge on any atom is -0.619 e. The minimum absolute atomic E-state index is 0.208. The van der Waals surface area contributed by atoms with Crippen LogP contribution in [0, 0.1) is 11.0 Å². The number of pyridine rings is 1. The lowest BCUT2D eigenvalue weighted by atomic mass is 10.2. The quantitative estimate of drug-likeness (QED) is 0.484. The maximum Gasteiger partial charge on any atom is 0.251 e. The minimum atomic E-state index is -0.293. The number of ether oxygens (including phenoxy) is 1. The van der Waals surface area contributed by atoms with E-state index < -0.39 is 0 Å². The molecule has 1 N–H and O–H groups in total. The number of halogens is 1. The van der Waals surface area contributed by atoms with E-state index in [9.17, 15) is 14.4 Å². The maximum absolute atomic E-state index is 12.7. The van der Waals surface area contributed by atoms with Crippen molar-refractivity contribution in [3.05, 3.63) is 65.4 Å². The van der Waals surface area contributed by atoms with Crippen LogP contribution in [0.5, 0.6) is 5.75 Å². The fourth-order valence-corrected chi connectivity index (χ4v) is 1.82. The molecule has 0 radical (unpaired) electrons. The first-order chi connectivity index (χ1) is 10.6. The largest absolute Gasteiger partial charge is 0.619 e. The fraction of sp³-hybridized carbons (Fsp3) is 0.250. The van der Waals surface area contributed by atoms with Crippen molar-refractivity contribution in [1.29, 1.82) is 0 Å². The summed E-state index contributed by atoms with van der Waals surface area (Å²) in [5.41, 5.74) is 0.453. The van der Waals surface area contributed by atoms with Gasteiger partial charge in [-0.2, -0.15) is 4.73 Å². The van der Waals surface area contributed by atoms with Crippen molar-refractivity contribution in [1.82, 2.24) is 5.32 Å². The van der Waals surface area contributed by atoms with Gasteiger partial charge < -0.3 is 15.3 Å². The molecule has 0 bridgehead atoms. The SMILES string of the molecule is O=C(NCCCCOc1ccc(F)cc1)c1cc[n+]([O-])cc1. The number of rotatable bonds is 7. The molecule has 1 aromatic heterocycles. The number of nitrogens with zero attached hydrogens (tertiary/aromatic N) is 1. The summed E-state index contributed by atoms with van der Waals surface area (Å²) >= 11 is 0. The van der Waals surface area contributed by atoms with Crippen molar-refractivity contribution >= 4 is 5.91 Å². The molecular formula is C16H17FN2O3. The summed E-state index contributed by atoms with van der Waals surface area (Å²) in [7, 11) is 0. The molecule has 0 fully saturated rings. The maximum atomic E-state index is 12.7. The molecule has 0 atom stereocenters. The van der Waals surface area contributed by atoms with Crippen LogP contribution in [0.3, 0.4) is 0 Å². The Kier molecular flexibility index (Phi) is 5.71. The first kappa shape index (κ1) is 15.8. The molecule has 0 spiro atoms. The second-order valence-corrected chi connectivity index (χ2v) is 4.71. The number of carbonyl (C=O) groups is 1. The number of carbonyl (C=O) groups excluding carboxylic acids is 1. The van der Waals surface area contributed by atoms with Crippen LogP contribution in [0.4, 0.5) is 4.39 Å². The van der Waals surface area contributed by atoms with Gasteiger partial charge in [-0.25, -0.2) is 4.39 Å². The van der Waals surface area contributed by atoms with E-state index in [1.165, 1.54) is 36.7 Å². The van der Waals surface area contributed by atoms with Gasteiger partial charge in [-0.05, 0) is 37.1 Å². The predicted octanol–water partition coefficient (Wildman–Crippen LogP) is 2.05. The lowest BCUT2D eigenvalue weighted by Gasteiger charge is -2.07. The Balaban J connectivity index is 1.60. The predicted molar refractivity (Wildman–Crippen MR) is 78.9 cm³/mol. The number of hydrogen-bond acceptors (Lipinski definition) is 3. The lowest BCUT2D eigenvalue weighted by molar-refractivity contribution is -0.605. The van der Waals surface area contributed by atoms with Gasteiger partial charge in [0.2, 0.25) is 0 Å². The average Bonchev–Trinajstić information content (AvgIpc) is 2.53. The van der Waals surface area contributed by atoms with E-state index in [0.29, 0.717) is 29.2 Å². The van der Waals surface area contributed by atoms with Gasteiger partial charge in [0.25, 0.3) is 5.91 Å². The van der Waals surface area contributed by atoms with Crippen molar-refractivity contribution < 1.29 is 18.7 Å². The monoisotopic (exact) mass is 304 g/mol. The highest BCUT2D eigenvalue weighted by molar-refractivity contribution is 5.93. The number of unbranched alkanes of at least 4 members (excludes halogenated alkanes) is 1. The Hall–Kier alpha value is -2.63. The smallest absolute Gasteiger partial charge is 0.251 e. The summed E-state index contributed by atoms with van der Waals surface area (Å²) in [6, 6.07) is 8.80. The third-order valence-electron chi connectivity index (χ3n) is 3.00. The van der Waals surface area contributed by atoms with Crippen LogP contribution in [-0.2, 0) is 0 Å². The number of benzene rings is 1. The van der Waals surface area contributed by atoms with E-state index >= 15 is 0 Å². The molecule has 5 nitrogen and oxygen atoms in total. The standard InChI is InChI=1S/C16H17FN2O3/c17-14-3-5-15(6-4-14)22-12-2-1-9-18-16(20)13-7-10-19(21)11-8-13/h3-8,10-11H,1-2,9,12H2,(H,18,20). The number of nitrogens with one attached hydrogen (secondary N) is 1. The molecule has 2 aromatic rings. The van der Waals surface area contributed by atoms with Gasteiger partial charge >= 0.3 is 0 Å². The van der Waals surface area contributed by atoms with E-state index in [4.69, 9.17) is 4.74 Å². The summed E-state index contributed by atoms with van der Waals surface area (Å²) in [5, 5.41) is 13.6. The van der Waals surface area contributed by atoms with Gasteiger partial charge in [0.15, 0.2) is 12.4 Å².